The van der Waals surface area contributed by atoms with Gasteiger partial charge >= 0.3 is 5.97 Å². The van der Waals surface area contributed by atoms with Crippen LogP contribution in [0.15, 0.2) is 82.4 Å². The molecule has 2 aliphatic rings. The largest absolute Gasteiger partial charge is 0.487 e. The van der Waals surface area contributed by atoms with Gasteiger partial charge in [-0.3, -0.25) is 9.69 Å². The smallest absolute Gasteiger partial charge is 0.327 e. The number of carboxylic acids is 1. The fourth-order valence-corrected chi connectivity index (χ4v) is 4.91. The number of aromatic nitrogens is 1. The lowest BCUT2D eigenvalue weighted by atomic mass is 9.82. The number of ether oxygens (including phenoxy) is 1. The van der Waals surface area contributed by atoms with Crippen LogP contribution in [0.1, 0.15) is 50.1 Å². The molecule has 0 bridgehead atoms. The second kappa shape index (κ2) is 9.73. The Kier molecular flexibility index (Phi) is 6.46. The zero-order chi connectivity index (χ0) is 26.2. The third kappa shape index (κ3) is 4.69. The van der Waals surface area contributed by atoms with Crippen LogP contribution < -0.4 is 4.74 Å². The monoisotopic (exact) mass is 498 g/mol. The van der Waals surface area contributed by atoms with Crippen LogP contribution in [-0.4, -0.2) is 32.9 Å². The first-order valence-electron chi connectivity index (χ1n) is 12.5. The lowest BCUT2D eigenvalue weighted by Gasteiger charge is -2.33. The number of aryl methyl sites for hydroxylation is 1. The predicted octanol–water partition coefficient (Wildman–Crippen LogP) is 5.80. The molecule has 1 amide bonds. The number of oxazole rings is 1. The molecule has 0 spiro atoms. The molecule has 0 unspecified atom stereocenters. The molecule has 2 heterocycles. The van der Waals surface area contributed by atoms with Gasteiger partial charge in [0, 0.05) is 17.7 Å². The summed E-state index contributed by atoms with van der Waals surface area (Å²) in [5.74, 6) is 0.594. The van der Waals surface area contributed by atoms with E-state index in [-0.39, 0.29) is 12.5 Å². The van der Waals surface area contributed by atoms with Crippen LogP contribution in [0.5, 0.6) is 5.75 Å². The predicted molar refractivity (Wildman–Crippen MR) is 139 cm³/mol. The van der Waals surface area contributed by atoms with E-state index in [1.165, 1.54) is 4.90 Å². The van der Waals surface area contributed by atoms with Gasteiger partial charge in [-0.05, 0) is 75.1 Å². The first-order chi connectivity index (χ1) is 17.8. The van der Waals surface area contributed by atoms with E-state index in [1.54, 1.807) is 0 Å². The van der Waals surface area contributed by atoms with Gasteiger partial charge in [-0.25, -0.2) is 9.78 Å². The van der Waals surface area contributed by atoms with E-state index >= 15 is 0 Å². The molecule has 7 heteroatoms. The third-order valence-corrected chi connectivity index (χ3v) is 7.14. The maximum absolute atomic E-state index is 13.8. The summed E-state index contributed by atoms with van der Waals surface area (Å²) in [5.41, 5.74) is 3.14. The Morgan fingerprint density at radius 2 is 1.95 bits per heavy atom. The lowest BCUT2D eigenvalue weighted by molar-refractivity contribution is -0.149. The van der Waals surface area contributed by atoms with Gasteiger partial charge in [0.15, 0.2) is 0 Å². The molecule has 2 aromatic carbocycles. The molecule has 190 valence electrons. The molecule has 1 aliphatic carbocycles. The average Bonchev–Trinajstić information content (AvgIpc) is 3.48. The molecule has 0 fully saturated rings. The molecule has 1 aromatic heterocycles. The summed E-state index contributed by atoms with van der Waals surface area (Å²) in [6, 6.07) is 16.2. The maximum Gasteiger partial charge on any atom is 0.327 e. The molecule has 0 saturated carbocycles. The van der Waals surface area contributed by atoms with Crippen molar-refractivity contribution < 1.29 is 23.8 Å². The van der Waals surface area contributed by atoms with E-state index in [0.29, 0.717) is 29.5 Å². The quantitative estimate of drug-likeness (QED) is 0.443. The Bertz CT molecular complexity index is 1400. The minimum absolute atomic E-state index is 0.217. The molecule has 0 radical (unpaired) electrons. The average molecular weight is 499 g/mol. The van der Waals surface area contributed by atoms with Crippen LogP contribution in [0.2, 0.25) is 0 Å². The Hall–Kier alpha value is -4.13. The highest BCUT2D eigenvalue weighted by molar-refractivity contribution is 5.94. The number of carboxylic acid groups (broad SMARTS) is 1. The summed E-state index contributed by atoms with van der Waals surface area (Å²) in [7, 11) is 0. The number of rotatable bonds is 7. The van der Waals surface area contributed by atoms with Gasteiger partial charge in [-0.2, -0.15) is 0 Å². The van der Waals surface area contributed by atoms with E-state index < -0.39 is 17.4 Å². The van der Waals surface area contributed by atoms with Crippen molar-refractivity contribution in [3.63, 3.8) is 0 Å². The summed E-state index contributed by atoms with van der Waals surface area (Å²) in [6.07, 6.45) is 5.92. The molecule has 3 aromatic rings. The zero-order valence-electron chi connectivity index (χ0n) is 21.2. The van der Waals surface area contributed by atoms with Crippen LogP contribution in [0, 0.1) is 6.92 Å². The van der Waals surface area contributed by atoms with Crippen molar-refractivity contribution in [2.45, 2.75) is 58.1 Å². The number of benzene rings is 2. The van der Waals surface area contributed by atoms with Gasteiger partial charge in [0.1, 0.15) is 29.9 Å². The molecule has 1 atom stereocenters. The number of amides is 1. The van der Waals surface area contributed by atoms with Gasteiger partial charge in [0.25, 0.3) is 0 Å². The van der Waals surface area contributed by atoms with Gasteiger partial charge < -0.3 is 14.3 Å². The van der Waals surface area contributed by atoms with Crippen molar-refractivity contribution in [3.8, 4) is 17.2 Å². The number of aliphatic carboxylic acids is 1. The molecule has 7 nitrogen and oxygen atoms in total. The van der Waals surface area contributed by atoms with E-state index in [1.807, 2.05) is 87.5 Å². The van der Waals surface area contributed by atoms with E-state index in [0.717, 1.165) is 35.2 Å². The van der Waals surface area contributed by atoms with Gasteiger partial charge in [0.2, 0.25) is 11.8 Å². The zero-order valence-corrected chi connectivity index (χ0v) is 21.2. The number of hydrogen-bond acceptors (Lipinski definition) is 5. The first kappa shape index (κ1) is 24.6. The van der Waals surface area contributed by atoms with Crippen molar-refractivity contribution in [2.24, 2.45) is 0 Å². The summed E-state index contributed by atoms with van der Waals surface area (Å²) in [6.45, 7) is 5.72. The van der Waals surface area contributed by atoms with Crippen molar-refractivity contribution in [2.75, 3.05) is 0 Å². The first-order valence-corrected chi connectivity index (χ1v) is 12.5. The van der Waals surface area contributed by atoms with Crippen molar-refractivity contribution >= 4 is 11.9 Å². The lowest BCUT2D eigenvalue weighted by Crippen LogP contribution is -2.48. The Balaban J connectivity index is 1.35. The highest BCUT2D eigenvalue weighted by Crippen LogP contribution is 2.39. The van der Waals surface area contributed by atoms with Gasteiger partial charge in [-0.1, -0.05) is 36.4 Å². The molecule has 5 rings (SSSR count). The SMILES string of the molecule is Cc1oc(-c2ccccc2)nc1COc1cccc(C(C)(C)C(=O)N2C3=C(CCC=C3)C[C@@H]2C(=O)O)c1. The normalized spacial score (nSPS) is 17.2. The number of hydrogen-bond donors (Lipinski definition) is 1. The van der Waals surface area contributed by atoms with E-state index in [4.69, 9.17) is 9.15 Å². The topological polar surface area (TPSA) is 92.9 Å². The molecule has 0 saturated heterocycles. The molecular weight excluding hydrogens is 468 g/mol. The number of allylic oxidation sites excluding steroid dienone is 2. The van der Waals surface area contributed by atoms with Gasteiger partial charge in [-0.15, -0.1) is 0 Å². The molecule has 37 heavy (non-hydrogen) atoms. The molecule has 1 aliphatic heterocycles. The molecule has 1 N–H and O–H groups in total. The van der Waals surface area contributed by atoms with E-state index in [2.05, 4.69) is 4.98 Å². The van der Waals surface area contributed by atoms with Crippen molar-refractivity contribution in [3.05, 3.63) is 95.0 Å². The minimum atomic E-state index is -0.984. The van der Waals surface area contributed by atoms with Crippen LogP contribution in [0.25, 0.3) is 11.5 Å². The van der Waals surface area contributed by atoms with Crippen molar-refractivity contribution in [1.29, 1.82) is 0 Å². The second-order valence-electron chi connectivity index (χ2n) is 9.99. The van der Waals surface area contributed by atoms with Crippen LogP contribution >= 0.6 is 0 Å². The summed E-state index contributed by atoms with van der Waals surface area (Å²) in [5, 5.41) is 9.86. The Morgan fingerprint density at radius 1 is 1.16 bits per heavy atom. The van der Waals surface area contributed by atoms with E-state index in [9.17, 15) is 14.7 Å². The second-order valence-corrected chi connectivity index (χ2v) is 9.99. The highest BCUT2D eigenvalue weighted by Gasteiger charge is 2.45. The summed E-state index contributed by atoms with van der Waals surface area (Å²) in [4.78, 5) is 31.9. The van der Waals surface area contributed by atoms with Crippen LogP contribution in [0.4, 0.5) is 0 Å². The number of carbonyl (C=O) groups excluding carboxylic acids is 1. The van der Waals surface area contributed by atoms with Crippen LogP contribution in [-0.2, 0) is 21.6 Å². The van der Waals surface area contributed by atoms with Crippen molar-refractivity contribution in [1.82, 2.24) is 9.88 Å². The standard InChI is InChI=1S/C30H30N2O5/c1-19-24(31-27(37-19)20-10-5-4-6-11-20)18-36-23-14-9-13-22(17-23)30(2,3)29(35)32-25-15-8-7-12-21(25)16-26(32)28(33)34/h4-6,8-11,13-15,17,26H,7,12,16,18H2,1-3H3,(H,33,34)/t26-/m1/s1. The Labute approximate surface area is 216 Å². The number of carbonyl (C=O) groups is 2. The summed E-state index contributed by atoms with van der Waals surface area (Å²) < 4.78 is 11.9. The third-order valence-electron chi connectivity index (χ3n) is 7.14. The fraction of sp³-hybridized carbons (Fsp3) is 0.300. The van der Waals surface area contributed by atoms with Crippen LogP contribution in [0.3, 0.4) is 0 Å². The number of nitrogens with zero attached hydrogens (tertiary/aromatic N) is 2. The summed E-state index contributed by atoms with van der Waals surface area (Å²) >= 11 is 0. The van der Waals surface area contributed by atoms with Gasteiger partial charge in [0.05, 0.1) is 5.41 Å². The maximum atomic E-state index is 13.8. The fourth-order valence-electron chi connectivity index (χ4n) is 4.91. The Morgan fingerprint density at radius 3 is 2.70 bits per heavy atom. The highest BCUT2D eigenvalue weighted by atomic mass is 16.5. The minimum Gasteiger partial charge on any atom is -0.487 e. The molecular formula is C30H30N2O5.